The standard InChI is InChI=1S/C33H27ClF2N2O7S/c1-19(31-25(34)4-3-5-27(31)36)14-20-6-13-29-28(15-20)38(46(42,43)24-11-12-26(35)30(16-24)44-2)18-23(45-29)17-37-32(39)21-7-9-22(10-8-21)33(40)41/h3-16,23H,17-18H2,1-2H3,(H,37,39)(H,40,41)/b19-14+/t23-/m0/s1. The van der Waals surface area contributed by atoms with Gasteiger partial charge in [0.05, 0.1) is 41.4 Å². The molecule has 238 valence electrons. The second kappa shape index (κ2) is 13.2. The number of carbonyl (C=O) groups is 2. The van der Waals surface area contributed by atoms with Gasteiger partial charge in [-0.2, -0.15) is 0 Å². The Labute approximate surface area is 268 Å². The summed E-state index contributed by atoms with van der Waals surface area (Å²) in [5.41, 5.74) is 1.60. The van der Waals surface area contributed by atoms with Gasteiger partial charge in [-0.15, -0.1) is 0 Å². The van der Waals surface area contributed by atoms with Crippen LogP contribution in [-0.4, -0.2) is 51.7 Å². The zero-order valence-corrected chi connectivity index (χ0v) is 26.0. The molecule has 2 N–H and O–H groups in total. The van der Waals surface area contributed by atoms with Crippen LogP contribution >= 0.6 is 11.6 Å². The Bertz CT molecular complexity index is 1950. The van der Waals surface area contributed by atoms with E-state index in [2.05, 4.69) is 5.32 Å². The fraction of sp³-hybridized carbons (Fsp3) is 0.152. The minimum atomic E-state index is -4.34. The molecule has 1 heterocycles. The molecule has 46 heavy (non-hydrogen) atoms. The maximum absolute atomic E-state index is 14.6. The Morgan fingerprint density at radius 2 is 1.76 bits per heavy atom. The van der Waals surface area contributed by atoms with Crippen molar-refractivity contribution in [2.24, 2.45) is 0 Å². The number of anilines is 1. The number of allylic oxidation sites excluding steroid dienone is 1. The highest BCUT2D eigenvalue weighted by molar-refractivity contribution is 7.92. The predicted molar refractivity (Wildman–Crippen MR) is 169 cm³/mol. The van der Waals surface area contributed by atoms with Gasteiger partial charge in [-0.25, -0.2) is 22.0 Å². The second-order valence-electron chi connectivity index (χ2n) is 10.3. The van der Waals surface area contributed by atoms with Gasteiger partial charge < -0.3 is 19.9 Å². The molecule has 0 bridgehead atoms. The first kappa shape index (κ1) is 32.5. The molecule has 0 saturated heterocycles. The Morgan fingerprint density at radius 1 is 1.04 bits per heavy atom. The third-order valence-electron chi connectivity index (χ3n) is 7.25. The second-order valence-corrected chi connectivity index (χ2v) is 12.6. The molecule has 1 aliphatic rings. The molecule has 0 saturated carbocycles. The van der Waals surface area contributed by atoms with Crippen LogP contribution < -0.4 is 19.1 Å². The molecule has 0 fully saturated rings. The zero-order valence-electron chi connectivity index (χ0n) is 24.5. The van der Waals surface area contributed by atoms with E-state index < -0.39 is 39.6 Å². The minimum absolute atomic E-state index is 0.0171. The molecule has 1 amide bonds. The summed E-state index contributed by atoms with van der Waals surface area (Å²) in [6, 6.07) is 17.6. The number of nitrogens with zero attached hydrogens (tertiary/aromatic N) is 1. The summed E-state index contributed by atoms with van der Waals surface area (Å²) >= 11 is 6.24. The largest absolute Gasteiger partial charge is 0.494 e. The molecule has 1 aliphatic heterocycles. The van der Waals surface area contributed by atoms with E-state index in [1.54, 1.807) is 37.3 Å². The van der Waals surface area contributed by atoms with Crippen molar-refractivity contribution in [2.45, 2.75) is 17.9 Å². The van der Waals surface area contributed by atoms with E-state index in [0.717, 1.165) is 22.5 Å². The van der Waals surface area contributed by atoms with E-state index in [0.29, 0.717) is 11.1 Å². The van der Waals surface area contributed by atoms with Gasteiger partial charge in [0.2, 0.25) is 0 Å². The number of benzene rings is 4. The number of carboxylic acid groups (broad SMARTS) is 1. The molecule has 4 aromatic carbocycles. The SMILES string of the molecule is COc1cc(S(=O)(=O)N2C[C@H](CNC(=O)c3ccc(C(=O)O)cc3)Oc3ccc(/C=C(\C)c4c(F)cccc4Cl)cc32)ccc1F. The molecular formula is C33H27ClF2N2O7S. The number of hydrogen-bond donors (Lipinski definition) is 2. The van der Waals surface area contributed by atoms with Crippen molar-refractivity contribution in [2.75, 3.05) is 24.5 Å². The van der Waals surface area contributed by atoms with E-state index in [-0.39, 0.29) is 56.9 Å². The molecular weight excluding hydrogens is 642 g/mol. The predicted octanol–water partition coefficient (Wildman–Crippen LogP) is 6.27. The summed E-state index contributed by atoms with van der Waals surface area (Å²) in [5, 5.41) is 12.0. The summed E-state index contributed by atoms with van der Waals surface area (Å²) in [7, 11) is -3.12. The number of aromatic carboxylic acids is 1. The maximum Gasteiger partial charge on any atom is 0.335 e. The lowest BCUT2D eigenvalue weighted by molar-refractivity contribution is 0.0696. The van der Waals surface area contributed by atoms with Crippen molar-refractivity contribution in [3.63, 3.8) is 0 Å². The Balaban J connectivity index is 1.49. The molecule has 0 aliphatic carbocycles. The average molecular weight is 669 g/mol. The van der Waals surface area contributed by atoms with Gasteiger partial charge >= 0.3 is 5.97 Å². The van der Waals surface area contributed by atoms with Gasteiger partial charge in [0.15, 0.2) is 11.6 Å². The van der Waals surface area contributed by atoms with Crippen LogP contribution in [0.25, 0.3) is 11.6 Å². The number of sulfonamides is 1. The topological polar surface area (TPSA) is 122 Å². The lowest BCUT2D eigenvalue weighted by Crippen LogP contribution is -2.48. The van der Waals surface area contributed by atoms with E-state index in [1.165, 1.54) is 43.5 Å². The van der Waals surface area contributed by atoms with Crippen molar-refractivity contribution in [1.82, 2.24) is 5.32 Å². The first-order valence-electron chi connectivity index (χ1n) is 13.8. The quantitative estimate of drug-likeness (QED) is 0.202. The highest BCUT2D eigenvalue weighted by Gasteiger charge is 2.35. The molecule has 9 nitrogen and oxygen atoms in total. The normalized spacial score (nSPS) is 14.7. The lowest BCUT2D eigenvalue weighted by atomic mass is 10.0. The van der Waals surface area contributed by atoms with Crippen molar-refractivity contribution < 1.29 is 41.4 Å². The number of fused-ring (bicyclic) bond motifs is 1. The van der Waals surface area contributed by atoms with Crippen LogP contribution in [0.15, 0.2) is 83.8 Å². The summed E-state index contributed by atoms with van der Waals surface area (Å²) in [5.74, 6) is -2.98. The van der Waals surface area contributed by atoms with Gasteiger partial charge in [-0.1, -0.05) is 29.8 Å². The minimum Gasteiger partial charge on any atom is -0.494 e. The monoisotopic (exact) mass is 668 g/mol. The van der Waals surface area contributed by atoms with E-state index in [9.17, 15) is 26.8 Å². The smallest absolute Gasteiger partial charge is 0.335 e. The van der Waals surface area contributed by atoms with Crippen molar-refractivity contribution in [3.8, 4) is 11.5 Å². The van der Waals surface area contributed by atoms with Crippen LogP contribution in [0.1, 0.15) is 38.8 Å². The number of halogens is 3. The van der Waals surface area contributed by atoms with Crippen LogP contribution in [0.3, 0.4) is 0 Å². The van der Waals surface area contributed by atoms with Crippen LogP contribution in [0, 0.1) is 11.6 Å². The molecule has 0 aromatic heterocycles. The van der Waals surface area contributed by atoms with Crippen molar-refractivity contribution in [3.05, 3.63) is 118 Å². The molecule has 0 radical (unpaired) electrons. The first-order valence-corrected chi connectivity index (χ1v) is 15.6. The summed E-state index contributed by atoms with van der Waals surface area (Å²) in [6.07, 6.45) is 0.797. The van der Waals surface area contributed by atoms with Crippen LogP contribution in [-0.2, 0) is 10.0 Å². The fourth-order valence-corrected chi connectivity index (χ4v) is 6.78. The molecule has 1 atom stereocenters. The third kappa shape index (κ3) is 6.68. The Morgan fingerprint density at radius 3 is 2.43 bits per heavy atom. The van der Waals surface area contributed by atoms with E-state index >= 15 is 0 Å². The summed E-state index contributed by atoms with van der Waals surface area (Å²) < 4.78 is 69.0. The van der Waals surface area contributed by atoms with Gasteiger partial charge in [0.25, 0.3) is 15.9 Å². The number of hydrogen-bond acceptors (Lipinski definition) is 6. The number of methoxy groups -OCH3 is 1. The van der Waals surface area contributed by atoms with Crippen LogP contribution in [0.5, 0.6) is 11.5 Å². The number of amides is 1. The fourth-order valence-electron chi connectivity index (χ4n) is 4.95. The third-order valence-corrected chi connectivity index (χ3v) is 9.34. The molecule has 13 heteroatoms. The summed E-state index contributed by atoms with van der Waals surface area (Å²) in [6.45, 7) is 1.33. The number of nitrogens with one attached hydrogen (secondary N) is 1. The van der Waals surface area contributed by atoms with Crippen LogP contribution in [0.4, 0.5) is 14.5 Å². The molecule has 0 spiro atoms. The van der Waals surface area contributed by atoms with Crippen LogP contribution in [0.2, 0.25) is 5.02 Å². The number of rotatable bonds is 9. The van der Waals surface area contributed by atoms with Gasteiger partial charge in [-0.3, -0.25) is 9.10 Å². The van der Waals surface area contributed by atoms with Gasteiger partial charge in [-0.05, 0) is 78.7 Å². The van der Waals surface area contributed by atoms with E-state index in [4.69, 9.17) is 26.2 Å². The highest BCUT2D eigenvalue weighted by Crippen LogP contribution is 2.39. The van der Waals surface area contributed by atoms with Gasteiger partial charge in [0, 0.05) is 17.2 Å². The van der Waals surface area contributed by atoms with Gasteiger partial charge in [0.1, 0.15) is 17.7 Å². The maximum atomic E-state index is 14.6. The number of carbonyl (C=O) groups excluding carboxylic acids is 1. The number of ether oxygens (including phenoxy) is 2. The first-order chi connectivity index (χ1) is 21.9. The number of carboxylic acids is 1. The molecule has 0 unspecified atom stereocenters. The Kier molecular flexibility index (Phi) is 9.31. The zero-order chi connectivity index (χ0) is 33.2. The van der Waals surface area contributed by atoms with Crippen molar-refractivity contribution >= 4 is 50.8 Å². The highest BCUT2D eigenvalue weighted by atomic mass is 35.5. The molecule has 5 rings (SSSR count). The summed E-state index contributed by atoms with van der Waals surface area (Å²) in [4.78, 5) is 23.7. The van der Waals surface area contributed by atoms with E-state index in [1.807, 2.05) is 0 Å². The molecule has 4 aromatic rings. The average Bonchev–Trinajstić information content (AvgIpc) is 3.03. The lowest BCUT2D eigenvalue weighted by Gasteiger charge is -2.36. The Hall–Kier alpha value is -4.94. The van der Waals surface area contributed by atoms with Crippen molar-refractivity contribution in [1.29, 1.82) is 0 Å².